The first kappa shape index (κ1) is 13.8. The number of carboxylic acids is 1. The van der Waals surface area contributed by atoms with Gasteiger partial charge in [0.05, 0.1) is 19.0 Å². The molecule has 1 heterocycles. The zero-order valence-corrected chi connectivity index (χ0v) is 10.6. The third-order valence-corrected chi connectivity index (χ3v) is 3.63. The molecule has 1 saturated heterocycles. The number of amides is 2. The molecule has 1 saturated carbocycles. The SMILES string of the molecule is O=C(O)C1CCCC(NCC(=O)N2CCOC2=O)C1. The second-order valence-corrected chi connectivity index (χ2v) is 4.94. The van der Waals surface area contributed by atoms with Crippen molar-refractivity contribution in [2.45, 2.75) is 31.7 Å². The highest BCUT2D eigenvalue weighted by atomic mass is 16.6. The van der Waals surface area contributed by atoms with Gasteiger partial charge in [0.25, 0.3) is 0 Å². The number of carbonyl (C=O) groups excluding carboxylic acids is 2. The van der Waals surface area contributed by atoms with Crippen LogP contribution in [0.1, 0.15) is 25.7 Å². The summed E-state index contributed by atoms with van der Waals surface area (Å²) in [7, 11) is 0. The van der Waals surface area contributed by atoms with Gasteiger partial charge in [-0.2, -0.15) is 0 Å². The van der Waals surface area contributed by atoms with Crippen molar-refractivity contribution < 1.29 is 24.2 Å². The molecule has 7 nitrogen and oxygen atoms in total. The van der Waals surface area contributed by atoms with E-state index in [0.717, 1.165) is 17.7 Å². The predicted octanol–water partition coefficient (Wildman–Crippen LogP) is 0.198. The number of imide groups is 1. The van der Waals surface area contributed by atoms with E-state index in [9.17, 15) is 14.4 Å². The van der Waals surface area contributed by atoms with Crippen molar-refractivity contribution in [1.82, 2.24) is 10.2 Å². The van der Waals surface area contributed by atoms with Crippen molar-refractivity contribution in [3.8, 4) is 0 Å². The van der Waals surface area contributed by atoms with Crippen LogP contribution < -0.4 is 5.32 Å². The fourth-order valence-electron chi connectivity index (χ4n) is 2.55. The number of aliphatic carboxylic acids is 1. The molecule has 2 N–H and O–H groups in total. The molecule has 0 aromatic rings. The molecule has 2 amide bonds. The standard InChI is InChI=1S/C12H18N2O5/c15-10(14-4-5-19-12(14)18)7-13-9-3-1-2-8(6-9)11(16)17/h8-9,13H,1-7H2,(H,16,17). The van der Waals surface area contributed by atoms with E-state index in [1.807, 2.05) is 0 Å². The normalized spacial score (nSPS) is 27.2. The molecule has 2 aliphatic rings. The summed E-state index contributed by atoms with van der Waals surface area (Å²) in [4.78, 5) is 34.9. The molecular formula is C12H18N2O5. The zero-order chi connectivity index (χ0) is 13.8. The number of ether oxygens (including phenoxy) is 1. The van der Waals surface area contributed by atoms with Gasteiger partial charge in [-0.1, -0.05) is 6.42 Å². The molecule has 19 heavy (non-hydrogen) atoms. The molecule has 1 aliphatic heterocycles. The molecule has 2 unspecified atom stereocenters. The van der Waals surface area contributed by atoms with Crippen molar-refractivity contribution >= 4 is 18.0 Å². The predicted molar refractivity (Wildman–Crippen MR) is 64.4 cm³/mol. The van der Waals surface area contributed by atoms with Crippen molar-refractivity contribution in [1.29, 1.82) is 0 Å². The number of cyclic esters (lactones) is 1. The van der Waals surface area contributed by atoms with Gasteiger partial charge in [-0.25, -0.2) is 9.69 Å². The van der Waals surface area contributed by atoms with Crippen LogP contribution in [0.4, 0.5) is 4.79 Å². The Labute approximate surface area is 110 Å². The van der Waals surface area contributed by atoms with Gasteiger partial charge in [0.1, 0.15) is 6.61 Å². The highest BCUT2D eigenvalue weighted by Gasteiger charge is 2.30. The highest BCUT2D eigenvalue weighted by molar-refractivity contribution is 5.94. The number of carbonyl (C=O) groups is 3. The Balaban J connectivity index is 1.77. The lowest BCUT2D eigenvalue weighted by atomic mass is 9.86. The second-order valence-electron chi connectivity index (χ2n) is 4.94. The molecule has 0 aromatic carbocycles. The molecule has 0 spiro atoms. The van der Waals surface area contributed by atoms with Gasteiger partial charge >= 0.3 is 12.1 Å². The summed E-state index contributed by atoms with van der Waals surface area (Å²) in [6.45, 7) is 0.586. The number of hydrogen-bond acceptors (Lipinski definition) is 5. The number of hydrogen-bond donors (Lipinski definition) is 2. The molecular weight excluding hydrogens is 252 g/mol. The molecule has 2 fully saturated rings. The summed E-state index contributed by atoms with van der Waals surface area (Å²) >= 11 is 0. The quantitative estimate of drug-likeness (QED) is 0.757. The maximum absolute atomic E-state index is 11.8. The van der Waals surface area contributed by atoms with Crippen LogP contribution in [0.3, 0.4) is 0 Å². The molecule has 0 radical (unpaired) electrons. The van der Waals surface area contributed by atoms with Crippen LogP contribution in [-0.4, -0.2) is 53.7 Å². The monoisotopic (exact) mass is 270 g/mol. The van der Waals surface area contributed by atoms with Gasteiger partial charge < -0.3 is 15.2 Å². The van der Waals surface area contributed by atoms with Crippen LogP contribution >= 0.6 is 0 Å². The Morgan fingerprint density at radius 2 is 2.21 bits per heavy atom. The van der Waals surface area contributed by atoms with Crippen LogP contribution in [0.15, 0.2) is 0 Å². The van der Waals surface area contributed by atoms with Gasteiger partial charge in [-0.3, -0.25) is 9.59 Å². The van der Waals surface area contributed by atoms with Crippen molar-refractivity contribution in [3.05, 3.63) is 0 Å². The van der Waals surface area contributed by atoms with E-state index >= 15 is 0 Å². The molecule has 1 aliphatic carbocycles. The summed E-state index contributed by atoms with van der Waals surface area (Å²) in [5.41, 5.74) is 0. The van der Waals surface area contributed by atoms with Crippen LogP contribution in [0.5, 0.6) is 0 Å². The Morgan fingerprint density at radius 3 is 2.84 bits per heavy atom. The van der Waals surface area contributed by atoms with E-state index in [0.29, 0.717) is 19.4 Å². The van der Waals surface area contributed by atoms with Crippen molar-refractivity contribution in [3.63, 3.8) is 0 Å². The maximum atomic E-state index is 11.8. The third-order valence-electron chi connectivity index (χ3n) is 3.63. The van der Waals surface area contributed by atoms with Gasteiger partial charge in [-0.15, -0.1) is 0 Å². The fraction of sp³-hybridized carbons (Fsp3) is 0.750. The van der Waals surface area contributed by atoms with Crippen molar-refractivity contribution in [2.75, 3.05) is 19.7 Å². The molecule has 7 heteroatoms. The maximum Gasteiger partial charge on any atom is 0.416 e. The minimum absolute atomic E-state index is 0.0254. The van der Waals surface area contributed by atoms with Crippen LogP contribution in [0.2, 0.25) is 0 Å². The first-order valence-corrected chi connectivity index (χ1v) is 6.51. The Bertz CT molecular complexity index is 384. The topological polar surface area (TPSA) is 95.9 Å². The third kappa shape index (κ3) is 3.44. The van der Waals surface area contributed by atoms with E-state index in [4.69, 9.17) is 5.11 Å². The largest absolute Gasteiger partial charge is 0.481 e. The molecule has 0 bridgehead atoms. The van der Waals surface area contributed by atoms with Gasteiger partial charge in [0, 0.05) is 6.04 Å². The average molecular weight is 270 g/mol. The van der Waals surface area contributed by atoms with E-state index in [-0.39, 0.29) is 31.0 Å². The zero-order valence-electron chi connectivity index (χ0n) is 10.6. The average Bonchev–Trinajstić information content (AvgIpc) is 2.82. The lowest BCUT2D eigenvalue weighted by Crippen LogP contribution is -2.44. The molecule has 2 atom stereocenters. The van der Waals surface area contributed by atoms with Gasteiger partial charge in [0.2, 0.25) is 5.91 Å². The number of nitrogens with one attached hydrogen (secondary N) is 1. The first-order valence-electron chi connectivity index (χ1n) is 6.51. The lowest BCUT2D eigenvalue weighted by Gasteiger charge is -2.27. The number of nitrogens with zero attached hydrogens (tertiary/aromatic N) is 1. The number of carboxylic acid groups (broad SMARTS) is 1. The molecule has 2 rings (SSSR count). The Kier molecular flexibility index (Phi) is 4.36. The number of rotatable bonds is 4. The van der Waals surface area contributed by atoms with E-state index < -0.39 is 12.1 Å². The van der Waals surface area contributed by atoms with E-state index in [1.165, 1.54) is 0 Å². The summed E-state index contributed by atoms with van der Waals surface area (Å²) in [6, 6.07) is 0.0254. The summed E-state index contributed by atoms with van der Waals surface area (Å²) < 4.78 is 4.69. The minimum atomic E-state index is -0.777. The Morgan fingerprint density at radius 1 is 1.42 bits per heavy atom. The van der Waals surface area contributed by atoms with Crippen LogP contribution in [0, 0.1) is 5.92 Å². The van der Waals surface area contributed by atoms with Gasteiger partial charge in [-0.05, 0) is 19.3 Å². The highest BCUT2D eigenvalue weighted by Crippen LogP contribution is 2.24. The minimum Gasteiger partial charge on any atom is -0.481 e. The van der Waals surface area contributed by atoms with E-state index in [1.54, 1.807) is 0 Å². The summed E-state index contributed by atoms with van der Waals surface area (Å²) in [6.07, 6.45) is 2.34. The van der Waals surface area contributed by atoms with Crippen LogP contribution in [0.25, 0.3) is 0 Å². The smallest absolute Gasteiger partial charge is 0.416 e. The fourth-order valence-corrected chi connectivity index (χ4v) is 2.55. The Hall–Kier alpha value is -1.63. The van der Waals surface area contributed by atoms with E-state index in [2.05, 4.69) is 10.1 Å². The molecule has 106 valence electrons. The molecule has 0 aromatic heterocycles. The summed E-state index contributed by atoms with van der Waals surface area (Å²) in [5, 5.41) is 12.0. The first-order chi connectivity index (χ1) is 9.08. The summed E-state index contributed by atoms with van der Waals surface area (Å²) in [5.74, 6) is -1.43. The second kappa shape index (κ2) is 6.01. The van der Waals surface area contributed by atoms with Crippen molar-refractivity contribution in [2.24, 2.45) is 5.92 Å². The van der Waals surface area contributed by atoms with Gasteiger partial charge in [0.15, 0.2) is 0 Å². The lowest BCUT2D eigenvalue weighted by molar-refractivity contribution is -0.143. The van der Waals surface area contributed by atoms with Crippen LogP contribution in [-0.2, 0) is 14.3 Å².